The molecular formula is C12H24O. The van der Waals surface area contributed by atoms with Crippen LogP contribution in [0.25, 0.3) is 0 Å². The minimum atomic E-state index is 0.410. The lowest BCUT2D eigenvalue weighted by atomic mass is 9.84. The van der Waals surface area contributed by atoms with Crippen molar-refractivity contribution in [2.24, 2.45) is 5.92 Å². The molecule has 0 heterocycles. The molecule has 0 amide bonds. The normalized spacial score (nSPS) is 29.5. The maximum Gasteiger partial charge on any atom is 0.0578 e. The quantitative estimate of drug-likeness (QED) is 0.646. The number of hydrogen-bond acceptors (Lipinski definition) is 1. The van der Waals surface area contributed by atoms with E-state index in [4.69, 9.17) is 4.74 Å². The van der Waals surface area contributed by atoms with Crippen molar-refractivity contribution in [1.82, 2.24) is 0 Å². The van der Waals surface area contributed by atoms with Gasteiger partial charge in [-0.05, 0) is 45.4 Å². The van der Waals surface area contributed by atoms with Crippen LogP contribution in [0.3, 0.4) is 0 Å². The number of hydrogen-bond donors (Lipinski definition) is 0. The molecule has 0 aromatic rings. The summed E-state index contributed by atoms with van der Waals surface area (Å²) in [5, 5.41) is 0. The first-order valence-electron chi connectivity index (χ1n) is 5.87. The van der Waals surface area contributed by atoms with Gasteiger partial charge in [-0.2, -0.15) is 0 Å². The van der Waals surface area contributed by atoms with Gasteiger partial charge in [-0.1, -0.05) is 19.8 Å². The summed E-state index contributed by atoms with van der Waals surface area (Å²) in [6.45, 7) is 6.56. The second-order valence-electron chi connectivity index (χ2n) is 4.62. The van der Waals surface area contributed by atoms with Crippen molar-refractivity contribution in [3.63, 3.8) is 0 Å². The van der Waals surface area contributed by atoms with Gasteiger partial charge in [-0.3, -0.25) is 0 Å². The fourth-order valence-electron chi connectivity index (χ4n) is 2.35. The van der Waals surface area contributed by atoms with Crippen LogP contribution in [0, 0.1) is 5.92 Å². The van der Waals surface area contributed by atoms with Crippen LogP contribution in [-0.4, -0.2) is 12.2 Å². The van der Waals surface area contributed by atoms with Crippen LogP contribution in [0.2, 0.25) is 0 Å². The second-order valence-corrected chi connectivity index (χ2v) is 4.62. The molecule has 1 aliphatic carbocycles. The van der Waals surface area contributed by atoms with E-state index < -0.39 is 0 Å². The van der Waals surface area contributed by atoms with Crippen molar-refractivity contribution >= 4 is 0 Å². The molecule has 0 saturated heterocycles. The van der Waals surface area contributed by atoms with Gasteiger partial charge in [0.1, 0.15) is 0 Å². The molecule has 1 rings (SSSR count). The molecule has 0 aliphatic heterocycles. The largest absolute Gasteiger partial charge is 0.376 e. The lowest BCUT2D eigenvalue weighted by molar-refractivity contribution is -0.0202. The Bertz CT molecular complexity index is 123. The standard InChI is InChI=1S/C12H24O/c1-4-5-11-6-8-12(9-7-11)13-10(2)3/h10-12H,4-9H2,1-3H3. The molecule has 1 saturated carbocycles. The third-order valence-electron chi connectivity index (χ3n) is 2.96. The fraction of sp³-hybridized carbons (Fsp3) is 1.00. The lowest BCUT2D eigenvalue weighted by Gasteiger charge is -2.29. The van der Waals surface area contributed by atoms with E-state index in [2.05, 4.69) is 20.8 Å². The van der Waals surface area contributed by atoms with E-state index in [1.54, 1.807) is 0 Å². The predicted molar refractivity (Wildman–Crippen MR) is 56.9 cm³/mol. The highest BCUT2D eigenvalue weighted by atomic mass is 16.5. The van der Waals surface area contributed by atoms with Crippen LogP contribution in [-0.2, 0) is 4.74 Å². The highest BCUT2D eigenvalue weighted by Gasteiger charge is 2.21. The van der Waals surface area contributed by atoms with E-state index >= 15 is 0 Å². The molecule has 0 bridgehead atoms. The van der Waals surface area contributed by atoms with Crippen LogP contribution in [0.4, 0.5) is 0 Å². The van der Waals surface area contributed by atoms with Gasteiger partial charge in [-0.15, -0.1) is 0 Å². The number of rotatable bonds is 4. The fourth-order valence-corrected chi connectivity index (χ4v) is 2.35. The smallest absolute Gasteiger partial charge is 0.0578 e. The zero-order valence-electron chi connectivity index (χ0n) is 9.38. The summed E-state index contributed by atoms with van der Waals surface area (Å²) >= 11 is 0. The summed E-state index contributed by atoms with van der Waals surface area (Å²) in [5.74, 6) is 0.997. The summed E-state index contributed by atoms with van der Waals surface area (Å²) in [4.78, 5) is 0. The van der Waals surface area contributed by atoms with Crippen molar-refractivity contribution in [2.75, 3.05) is 0 Å². The van der Waals surface area contributed by atoms with Crippen molar-refractivity contribution in [3.8, 4) is 0 Å². The lowest BCUT2D eigenvalue weighted by Crippen LogP contribution is -2.24. The summed E-state index contributed by atoms with van der Waals surface area (Å²) < 4.78 is 5.82. The number of ether oxygens (including phenoxy) is 1. The third-order valence-corrected chi connectivity index (χ3v) is 2.96. The van der Waals surface area contributed by atoms with Gasteiger partial charge in [0.25, 0.3) is 0 Å². The van der Waals surface area contributed by atoms with Crippen LogP contribution in [0.5, 0.6) is 0 Å². The minimum absolute atomic E-state index is 0.410. The van der Waals surface area contributed by atoms with Gasteiger partial charge in [0.2, 0.25) is 0 Å². The molecule has 0 aromatic heterocycles. The maximum absolute atomic E-state index is 5.82. The van der Waals surface area contributed by atoms with E-state index in [1.165, 1.54) is 38.5 Å². The Labute approximate surface area is 82.9 Å². The van der Waals surface area contributed by atoms with Crippen molar-refractivity contribution < 1.29 is 4.74 Å². The molecule has 1 heteroatoms. The van der Waals surface area contributed by atoms with Crippen LogP contribution < -0.4 is 0 Å². The van der Waals surface area contributed by atoms with Gasteiger partial charge in [0.15, 0.2) is 0 Å². The van der Waals surface area contributed by atoms with Gasteiger partial charge in [-0.25, -0.2) is 0 Å². The van der Waals surface area contributed by atoms with Crippen LogP contribution in [0.1, 0.15) is 59.3 Å². The van der Waals surface area contributed by atoms with Crippen molar-refractivity contribution in [1.29, 1.82) is 0 Å². The summed E-state index contributed by atoms with van der Waals surface area (Å²) in [6.07, 6.45) is 9.12. The van der Waals surface area contributed by atoms with Gasteiger partial charge < -0.3 is 4.74 Å². The van der Waals surface area contributed by atoms with Crippen molar-refractivity contribution in [2.45, 2.75) is 71.5 Å². The Hall–Kier alpha value is -0.0400. The SMILES string of the molecule is CCCC1CCC(OC(C)C)CC1. The topological polar surface area (TPSA) is 9.23 Å². The van der Waals surface area contributed by atoms with E-state index in [1.807, 2.05) is 0 Å². The average molecular weight is 184 g/mol. The molecule has 0 N–H and O–H groups in total. The Morgan fingerprint density at radius 3 is 2.23 bits per heavy atom. The highest BCUT2D eigenvalue weighted by Crippen LogP contribution is 2.29. The predicted octanol–water partition coefficient (Wildman–Crippen LogP) is 3.77. The first-order chi connectivity index (χ1) is 6.22. The molecule has 0 atom stereocenters. The van der Waals surface area contributed by atoms with Gasteiger partial charge in [0, 0.05) is 0 Å². The Morgan fingerprint density at radius 1 is 1.15 bits per heavy atom. The molecule has 78 valence electrons. The van der Waals surface area contributed by atoms with Gasteiger partial charge >= 0.3 is 0 Å². The Balaban J connectivity index is 2.15. The third kappa shape index (κ3) is 4.12. The second kappa shape index (κ2) is 5.64. The molecule has 13 heavy (non-hydrogen) atoms. The highest BCUT2D eigenvalue weighted by molar-refractivity contribution is 4.72. The molecule has 0 aromatic carbocycles. The summed E-state index contributed by atoms with van der Waals surface area (Å²) in [7, 11) is 0. The summed E-state index contributed by atoms with van der Waals surface area (Å²) in [5.41, 5.74) is 0. The Morgan fingerprint density at radius 2 is 1.77 bits per heavy atom. The maximum atomic E-state index is 5.82. The van der Waals surface area contributed by atoms with E-state index in [9.17, 15) is 0 Å². The first kappa shape index (κ1) is 11.0. The Kier molecular flexibility index (Phi) is 4.79. The van der Waals surface area contributed by atoms with E-state index in [0.29, 0.717) is 12.2 Å². The van der Waals surface area contributed by atoms with Gasteiger partial charge in [0.05, 0.1) is 12.2 Å². The van der Waals surface area contributed by atoms with Crippen LogP contribution in [0.15, 0.2) is 0 Å². The molecule has 1 nitrogen and oxygen atoms in total. The zero-order valence-corrected chi connectivity index (χ0v) is 9.38. The molecule has 1 aliphatic rings. The monoisotopic (exact) mass is 184 g/mol. The zero-order chi connectivity index (χ0) is 9.68. The molecule has 0 unspecified atom stereocenters. The van der Waals surface area contributed by atoms with Crippen LogP contribution >= 0.6 is 0 Å². The molecular weight excluding hydrogens is 160 g/mol. The minimum Gasteiger partial charge on any atom is -0.376 e. The first-order valence-corrected chi connectivity index (χ1v) is 5.87. The average Bonchev–Trinajstić information content (AvgIpc) is 2.08. The van der Waals surface area contributed by atoms with E-state index in [-0.39, 0.29) is 0 Å². The summed E-state index contributed by atoms with van der Waals surface area (Å²) in [6, 6.07) is 0. The molecule has 1 fully saturated rings. The molecule has 0 radical (unpaired) electrons. The van der Waals surface area contributed by atoms with Crippen molar-refractivity contribution in [3.05, 3.63) is 0 Å². The van der Waals surface area contributed by atoms with E-state index in [0.717, 1.165) is 5.92 Å². The molecule has 0 spiro atoms.